The lowest BCUT2D eigenvalue weighted by Gasteiger charge is -2.11. The summed E-state index contributed by atoms with van der Waals surface area (Å²) in [4.78, 5) is 15.7. The molecule has 0 aliphatic heterocycles. The molecule has 0 saturated heterocycles. The molecular formula is C19H19F2N5O. The monoisotopic (exact) mass is 371 g/mol. The number of nitrogens with one attached hydrogen (secondary N) is 2. The lowest BCUT2D eigenvalue weighted by molar-refractivity contribution is -0.119. The van der Waals surface area contributed by atoms with Crippen LogP contribution in [0.15, 0.2) is 42.6 Å². The summed E-state index contributed by atoms with van der Waals surface area (Å²) in [5, 5.41) is 10.0. The topological polar surface area (TPSA) is 71.8 Å². The molecule has 0 aliphatic carbocycles. The molecule has 3 rings (SSSR count). The van der Waals surface area contributed by atoms with Gasteiger partial charge in [-0.3, -0.25) is 4.79 Å². The summed E-state index contributed by atoms with van der Waals surface area (Å²) in [6.45, 7) is 2.85. The van der Waals surface area contributed by atoms with E-state index in [9.17, 15) is 13.6 Å². The number of hydrogen-bond acceptors (Lipinski definition) is 4. The van der Waals surface area contributed by atoms with Gasteiger partial charge in [0.15, 0.2) is 5.82 Å². The maximum absolute atomic E-state index is 13.1. The molecule has 2 heterocycles. The summed E-state index contributed by atoms with van der Waals surface area (Å²) in [6.07, 6.45) is 1.70. The highest BCUT2D eigenvalue weighted by molar-refractivity contribution is 5.72. The molecule has 2 aromatic heterocycles. The van der Waals surface area contributed by atoms with E-state index >= 15 is 0 Å². The first-order valence-corrected chi connectivity index (χ1v) is 8.34. The number of nitrogens with zero attached hydrogens (tertiary/aromatic N) is 3. The highest BCUT2D eigenvalue weighted by Gasteiger charge is 2.10. The predicted molar refractivity (Wildman–Crippen MR) is 98.1 cm³/mol. The summed E-state index contributed by atoms with van der Waals surface area (Å²) in [7, 11) is 0. The van der Waals surface area contributed by atoms with Crippen LogP contribution in [0.1, 0.15) is 23.7 Å². The van der Waals surface area contributed by atoms with Crippen LogP contribution in [0.3, 0.4) is 0 Å². The zero-order valence-corrected chi connectivity index (χ0v) is 15.0. The predicted octanol–water partition coefficient (Wildman–Crippen LogP) is 3.56. The summed E-state index contributed by atoms with van der Waals surface area (Å²) >= 11 is 0. The van der Waals surface area contributed by atoms with E-state index in [4.69, 9.17) is 0 Å². The Morgan fingerprint density at radius 2 is 1.96 bits per heavy atom. The van der Waals surface area contributed by atoms with E-state index in [-0.39, 0.29) is 11.7 Å². The largest absolute Gasteiger partial charge is 0.352 e. The van der Waals surface area contributed by atoms with Crippen molar-refractivity contribution in [1.82, 2.24) is 20.1 Å². The van der Waals surface area contributed by atoms with Crippen molar-refractivity contribution >= 4 is 17.4 Å². The van der Waals surface area contributed by atoms with Crippen molar-refractivity contribution in [3.63, 3.8) is 0 Å². The lowest BCUT2D eigenvalue weighted by Crippen LogP contribution is -2.19. The Morgan fingerprint density at radius 1 is 1.22 bits per heavy atom. The molecule has 8 heteroatoms. The van der Waals surface area contributed by atoms with Gasteiger partial charge in [-0.05, 0) is 54.4 Å². The Kier molecular flexibility index (Phi) is 5.44. The fraction of sp³-hybridized carbons (Fsp3) is 0.211. The van der Waals surface area contributed by atoms with Crippen molar-refractivity contribution in [2.75, 3.05) is 5.32 Å². The average Bonchev–Trinajstić information content (AvgIpc) is 3.03. The van der Waals surface area contributed by atoms with Gasteiger partial charge >= 0.3 is 0 Å². The molecule has 0 saturated carbocycles. The molecule has 0 aliphatic rings. The number of anilines is 2. The minimum Gasteiger partial charge on any atom is -0.352 e. The molecule has 2 N–H and O–H groups in total. The van der Waals surface area contributed by atoms with E-state index in [0.717, 1.165) is 11.1 Å². The zero-order valence-electron chi connectivity index (χ0n) is 15.0. The summed E-state index contributed by atoms with van der Waals surface area (Å²) in [6, 6.07) is 9.41. The Bertz CT molecular complexity index is 953. The SMILES string of the molecule is CC(=O)NCc1cc(Nc2ccc(F)cc2)nc(-n2cc(C)c(CF)n2)c1. The van der Waals surface area contributed by atoms with Crippen molar-refractivity contribution in [3.8, 4) is 5.82 Å². The van der Waals surface area contributed by atoms with Gasteiger partial charge in [0.05, 0.1) is 5.69 Å². The third-order valence-electron chi connectivity index (χ3n) is 3.89. The second-order valence-electron chi connectivity index (χ2n) is 6.10. The van der Waals surface area contributed by atoms with E-state index < -0.39 is 6.67 Å². The molecule has 6 nitrogen and oxygen atoms in total. The number of halogens is 2. The standard InChI is InChI=1S/C19H19F2N5O/c1-12-11-26(25-17(12)9-20)19-8-14(10-22-13(2)27)7-18(24-19)23-16-5-3-15(21)4-6-16/h3-8,11H,9-10H2,1-2H3,(H,22,27)(H,23,24). The third-order valence-corrected chi connectivity index (χ3v) is 3.89. The lowest BCUT2D eigenvalue weighted by atomic mass is 10.2. The summed E-state index contributed by atoms with van der Waals surface area (Å²) in [5.74, 6) is 0.482. The number of aromatic nitrogens is 3. The molecule has 0 spiro atoms. The Labute approximate surface area is 155 Å². The van der Waals surface area contributed by atoms with Crippen LogP contribution in [0.2, 0.25) is 0 Å². The van der Waals surface area contributed by atoms with Gasteiger partial charge in [0.2, 0.25) is 5.91 Å². The Hall–Kier alpha value is -3.29. The van der Waals surface area contributed by atoms with E-state index in [1.807, 2.05) is 0 Å². The van der Waals surface area contributed by atoms with Crippen molar-refractivity contribution < 1.29 is 13.6 Å². The van der Waals surface area contributed by atoms with Crippen LogP contribution in [0, 0.1) is 12.7 Å². The molecule has 0 radical (unpaired) electrons. The molecule has 1 aromatic carbocycles. The number of pyridine rings is 1. The molecule has 0 atom stereocenters. The van der Waals surface area contributed by atoms with Crippen LogP contribution in [-0.2, 0) is 18.0 Å². The van der Waals surface area contributed by atoms with Gasteiger partial charge < -0.3 is 10.6 Å². The smallest absolute Gasteiger partial charge is 0.217 e. The normalized spacial score (nSPS) is 10.7. The number of aryl methyl sites for hydroxylation is 1. The van der Waals surface area contributed by atoms with E-state index in [1.54, 1.807) is 37.4 Å². The highest BCUT2D eigenvalue weighted by atomic mass is 19.1. The van der Waals surface area contributed by atoms with Gasteiger partial charge in [0, 0.05) is 25.4 Å². The third kappa shape index (κ3) is 4.66. The van der Waals surface area contributed by atoms with Crippen molar-refractivity contribution in [2.24, 2.45) is 0 Å². The molecule has 0 bridgehead atoms. The van der Waals surface area contributed by atoms with Crippen LogP contribution in [0.25, 0.3) is 5.82 Å². The first-order chi connectivity index (χ1) is 12.9. The highest BCUT2D eigenvalue weighted by Crippen LogP contribution is 2.20. The average molecular weight is 371 g/mol. The van der Waals surface area contributed by atoms with Crippen LogP contribution in [-0.4, -0.2) is 20.7 Å². The van der Waals surface area contributed by atoms with Gasteiger partial charge in [-0.2, -0.15) is 5.10 Å². The molecule has 0 unspecified atom stereocenters. The van der Waals surface area contributed by atoms with Crippen LogP contribution in [0.5, 0.6) is 0 Å². The first-order valence-electron chi connectivity index (χ1n) is 8.34. The Morgan fingerprint density at radius 3 is 2.59 bits per heavy atom. The molecule has 0 fully saturated rings. The molecular weight excluding hydrogens is 352 g/mol. The fourth-order valence-electron chi connectivity index (χ4n) is 2.51. The number of rotatable bonds is 6. The number of hydrogen-bond donors (Lipinski definition) is 2. The summed E-state index contributed by atoms with van der Waals surface area (Å²) in [5.41, 5.74) is 2.51. The fourth-order valence-corrected chi connectivity index (χ4v) is 2.51. The zero-order chi connectivity index (χ0) is 19.4. The Balaban J connectivity index is 1.96. The minimum atomic E-state index is -0.662. The van der Waals surface area contributed by atoms with Gasteiger partial charge in [-0.1, -0.05) is 0 Å². The van der Waals surface area contributed by atoms with Gasteiger partial charge in [-0.25, -0.2) is 18.4 Å². The van der Waals surface area contributed by atoms with Gasteiger partial charge in [0.1, 0.15) is 18.3 Å². The number of carbonyl (C=O) groups excluding carboxylic acids is 1. The van der Waals surface area contributed by atoms with Crippen LogP contribution in [0.4, 0.5) is 20.3 Å². The second kappa shape index (κ2) is 7.94. The minimum absolute atomic E-state index is 0.156. The molecule has 1 amide bonds. The maximum atomic E-state index is 13.1. The number of alkyl halides is 1. The van der Waals surface area contributed by atoms with E-state index in [0.29, 0.717) is 29.6 Å². The van der Waals surface area contributed by atoms with E-state index in [2.05, 4.69) is 20.7 Å². The van der Waals surface area contributed by atoms with Crippen molar-refractivity contribution in [3.05, 3.63) is 65.2 Å². The molecule has 3 aromatic rings. The van der Waals surface area contributed by atoms with Crippen LogP contribution < -0.4 is 10.6 Å². The van der Waals surface area contributed by atoms with Crippen molar-refractivity contribution in [2.45, 2.75) is 27.1 Å². The number of amides is 1. The second-order valence-corrected chi connectivity index (χ2v) is 6.10. The summed E-state index contributed by atoms with van der Waals surface area (Å²) < 4.78 is 27.6. The van der Waals surface area contributed by atoms with E-state index in [1.165, 1.54) is 23.7 Å². The van der Waals surface area contributed by atoms with Gasteiger partial charge in [-0.15, -0.1) is 0 Å². The molecule has 140 valence electrons. The quantitative estimate of drug-likeness (QED) is 0.695. The first kappa shape index (κ1) is 18.5. The van der Waals surface area contributed by atoms with Gasteiger partial charge in [0.25, 0.3) is 0 Å². The number of benzene rings is 1. The number of carbonyl (C=O) groups is 1. The van der Waals surface area contributed by atoms with Crippen LogP contribution >= 0.6 is 0 Å². The van der Waals surface area contributed by atoms with Crippen molar-refractivity contribution in [1.29, 1.82) is 0 Å². The molecule has 27 heavy (non-hydrogen) atoms. The maximum Gasteiger partial charge on any atom is 0.217 e.